The molecule has 2 aromatic rings. The van der Waals surface area contributed by atoms with Crippen LogP contribution >= 0.6 is 22.6 Å². The van der Waals surface area contributed by atoms with Gasteiger partial charge in [-0.1, -0.05) is 0 Å². The van der Waals surface area contributed by atoms with Crippen molar-refractivity contribution in [3.8, 4) is 5.75 Å². The molecular weight excluding hydrogens is 357 g/mol. The number of hydrogen-bond donors (Lipinski definition) is 3. The maximum Gasteiger partial charge on any atom is 0.260 e. The number of carbonyl (C=O) groups excluding carboxylic acids is 1. The molecule has 0 unspecified atom stereocenters. The van der Waals surface area contributed by atoms with Crippen molar-refractivity contribution in [3.05, 3.63) is 45.2 Å². The molecule has 0 aliphatic carbocycles. The predicted octanol–water partition coefficient (Wildman–Crippen LogP) is 2.53. The second-order valence-electron chi connectivity index (χ2n) is 4.05. The van der Waals surface area contributed by atoms with Crippen LogP contribution < -0.4 is 11.1 Å². The lowest BCUT2D eigenvalue weighted by Crippen LogP contribution is -2.14. The van der Waals surface area contributed by atoms with E-state index in [9.17, 15) is 9.90 Å². The first-order valence-electron chi connectivity index (χ1n) is 5.49. The quantitative estimate of drug-likeness (QED) is 0.710. The second-order valence-corrected chi connectivity index (χ2v) is 5.30. The monoisotopic (exact) mass is 369 g/mol. The van der Waals surface area contributed by atoms with Gasteiger partial charge >= 0.3 is 0 Å². The van der Waals surface area contributed by atoms with Gasteiger partial charge in [0.2, 0.25) is 0 Å². The van der Waals surface area contributed by atoms with Gasteiger partial charge in [0, 0.05) is 3.57 Å². The Morgan fingerprint density at radius 2 is 2.16 bits per heavy atom. The number of aromatic nitrogens is 1. The smallest absolute Gasteiger partial charge is 0.260 e. The van der Waals surface area contributed by atoms with Crippen LogP contribution in [0.1, 0.15) is 15.9 Å². The van der Waals surface area contributed by atoms with E-state index >= 15 is 0 Å². The molecule has 0 aliphatic heterocycles. The molecular formula is C13H12IN3O2. The highest BCUT2D eigenvalue weighted by molar-refractivity contribution is 14.1. The number of amides is 1. The third kappa shape index (κ3) is 3.14. The Balaban J connectivity index is 2.28. The molecule has 0 spiro atoms. The van der Waals surface area contributed by atoms with Crippen LogP contribution in [0.4, 0.5) is 11.5 Å². The number of nitrogens with zero attached hydrogens (tertiary/aromatic N) is 1. The normalized spacial score (nSPS) is 10.2. The number of aromatic hydroxyl groups is 1. The Hall–Kier alpha value is -1.83. The molecule has 2 rings (SSSR count). The van der Waals surface area contributed by atoms with Gasteiger partial charge in [-0.2, -0.15) is 0 Å². The van der Waals surface area contributed by atoms with Crippen molar-refractivity contribution in [2.75, 3.05) is 11.1 Å². The zero-order valence-electron chi connectivity index (χ0n) is 10.1. The number of anilines is 2. The van der Waals surface area contributed by atoms with Crippen molar-refractivity contribution >= 4 is 40.0 Å². The average Bonchev–Trinajstić information content (AvgIpc) is 2.35. The van der Waals surface area contributed by atoms with E-state index in [1.54, 1.807) is 25.1 Å². The summed E-state index contributed by atoms with van der Waals surface area (Å²) in [4.78, 5) is 16.1. The van der Waals surface area contributed by atoms with Crippen LogP contribution in [0.2, 0.25) is 0 Å². The van der Waals surface area contributed by atoms with Crippen molar-refractivity contribution < 1.29 is 9.90 Å². The first-order valence-corrected chi connectivity index (χ1v) is 6.57. The van der Waals surface area contributed by atoms with Gasteiger partial charge in [0.25, 0.3) is 5.91 Å². The summed E-state index contributed by atoms with van der Waals surface area (Å²) < 4.78 is 0.863. The third-order valence-corrected chi connectivity index (χ3v) is 3.21. The molecule has 0 aliphatic rings. The molecule has 0 saturated carbocycles. The molecule has 4 N–H and O–H groups in total. The number of nitrogens with two attached hydrogens (primary N) is 1. The summed E-state index contributed by atoms with van der Waals surface area (Å²) in [5, 5.41) is 12.3. The number of halogens is 1. The molecule has 0 radical (unpaired) electrons. The SMILES string of the molecule is Cc1cc(N)cnc1NC(=O)c1cc(I)ccc1O. The van der Waals surface area contributed by atoms with E-state index in [2.05, 4.69) is 32.9 Å². The molecule has 0 saturated heterocycles. The summed E-state index contributed by atoms with van der Waals surface area (Å²) >= 11 is 2.07. The topological polar surface area (TPSA) is 88.2 Å². The second kappa shape index (κ2) is 5.43. The third-order valence-electron chi connectivity index (χ3n) is 2.53. The van der Waals surface area contributed by atoms with E-state index in [1.807, 2.05) is 0 Å². The number of phenolic OH excluding ortho intramolecular Hbond substituents is 1. The lowest BCUT2D eigenvalue weighted by atomic mass is 10.2. The van der Waals surface area contributed by atoms with E-state index < -0.39 is 5.91 Å². The Bertz CT molecular complexity index is 644. The molecule has 1 heterocycles. The number of pyridine rings is 1. The first kappa shape index (κ1) is 13.6. The molecule has 6 heteroatoms. The summed E-state index contributed by atoms with van der Waals surface area (Å²) in [6.45, 7) is 1.80. The van der Waals surface area contributed by atoms with Crippen LogP contribution in [0.25, 0.3) is 0 Å². The summed E-state index contributed by atoms with van der Waals surface area (Å²) in [5.41, 5.74) is 7.11. The maximum absolute atomic E-state index is 12.1. The van der Waals surface area contributed by atoms with E-state index in [4.69, 9.17) is 5.73 Å². The lowest BCUT2D eigenvalue weighted by molar-refractivity contribution is 0.102. The highest BCUT2D eigenvalue weighted by Gasteiger charge is 2.13. The van der Waals surface area contributed by atoms with E-state index in [1.165, 1.54) is 12.3 Å². The van der Waals surface area contributed by atoms with Gasteiger partial charge in [-0.3, -0.25) is 4.79 Å². The van der Waals surface area contributed by atoms with Crippen LogP contribution in [0, 0.1) is 10.5 Å². The standard InChI is InChI=1S/C13H12IN3O2/c1-7-4-9(15)6-16-12(7)17-13(19)10-5-8(14)2-3-11(10)18/h2-6,18H,15H2,1H3,(H,16,17,19). The Morgan fingerprint density at radius 1 is 1.42 bits per heavy atom. The Morgan fingerprint density at radius 3 is 2.84 bits per heavy atom. The summed E-state index contributed by atoms with van der Waals surface area (Å²) in [6, 6.07) is 6.54. The van der Waals surface area contributed by atoms with Gasteiger partial charge in [-0.15, -0.1) is 0 Å². The minimum absolute atomic E-state index is 0.0639. The molecule has 1 amide bonds. The summed E-state index contributed by atoms with van der Waals surface area (Å²) in [5.74, 6) is -0.0418. The zero-order chi connectivity index (χ0) is 14.0. The van der Waals surface area contributed by atoms with Crippen molar-refractivity contribution in [1.29, 1.82) is 0 Å². The first-order chi connectivity index (χ1) is 8.97. The minimum Gasteiger partial charge on any atom is -0.507 e. The number of aryl methyl sites for hydroxylation is 1. The number of phenols is 1. The van der Waals surface area contributed by atoms with Crippen LogP contribution in [0.5, 0.6) is 5.75 Å². The molecule has 1 aromatic heterocycles. The average molecular weight is 369 g/mol. The van der Waals surface area contributed by atoms with Gasteiger partial charge in [0.05, 0.1) is 17.4 Å². The van der Waals surface area contributed by atoms with Crippen molar-refractivity contribution in [2.45, 2.75) is 6.92 Å². The fourth-order valence-corrected chi connectivity index (χ4v) is 2.08. The number of nitrogens with one attached hydrogen (secondary N) is 1. The number of benzene rings is 1. The molecule has 0 atom stereocenters. The molecule has 1 aromatic carbocycles. The summed E-state index contributed by atoms with van der Waals surface area (Å²) in [6.07, 6.45) is 1.47. The van der Waals surface area contributed by atoms with E-state index in [0.29, 0.717) is 11.5 Å². The fraction of sp³-hybridized carbons (Fsp3) is 0.0769. The van der Waals surface area contributed by atoms with E-state index in [-0.39, 0.29) is 11.3 Å². The highest BCUT2D eigenvalue weighted by Crippen LogP contribution is 2.22. The van der Waals surface area contributed by atoms with Crippen LogP contribution in [-0.4, -0.2) is 16.0 Å². The largest absolute Gasteiger partial charge is 0.507 e. The maximum atomic E-state index is 12.1. The molecule has 98 valence electrons. The Kier molecular flexibility index (Phi) is 3.89. The van der Waals surface area contributed by atoms with Crippen LogP contribution in [0.15, 0.2) is 30.5 Å². The minimum atomic E-state index is -0.406. The molecule has 5 nitrogen and oxygen atoms in total. The van der Waals surface area contributed by atoms with E-state index in [0.717, 1.165) is 9.13 Å². The van der Waals surface area contributed by atoms with Gasteiger partial charge in [0.1, 0.15) is 11.6 Å². The highest BCUT2D eigenvalue weighted by atomic mass is 127. The van der Waals surface area contributed by atoms with Crippen molar-refractivity contribution in [3.63, 3.8) is 0 Å². The Labute approximate surface area is 124 Å². The van der Waals surface area contributed by atoms with Crippen molar-refractivity contribution in [1.82, 2.24) is 4.98 Å². The molecule has 19 heavy (non-hydrogen) atoms. The fourth-order valence-electron chi connectivity index (χ4n) is 1.59. The van der Waals surface area contributed by atoms with Crippen LogP contribution in [0.3, 0.4) is 0 Å². The van der Waals surface area contributed by atoms with Gasteiger partial charge in [0.15, 0.2) is 0 Å². The number of rotatable bonds is 2. The molecule has 0 bridgehead atoms. The summed E-state index contributed by atoms with van der Waals surface area (Å²) in [7, 11) is 0. The van der Waals surface area contributed by atoms with Gasteiger partial charge in [-0.25, -0.2) is 4.98 Å². The number of hydrogen-bond acceptors (Lipinski definition) is 4. The molecule has 0 fully saturated rings. The van der Waals surface area contributed by atoms with Gasteiger partial charge in [-0.05, 0) is 59.3 Å². The van der Waals surface area contributed by atoms with Crippen LogP contribution in [-0.2, 0) is 0 Å². The predicted molar refractivity (Wildman–Crippen MR) is 82.2 cm³/mol. The van der Waals surface area contributed by atoms with Crippen molar-refractivity contribution in [2.24, 2.45) is 0 Å². The lowest BCUT2D eigenvalue weighted by Gasteiger charge is -2.09. The zero-order valence-corrected chi connectivity index (χ0v) is 12.3. The number of nitrogen functional groups attached to an aromatic ring is 1. The number of carbonyl (C=O) groups is 1. The van der Waals surface area contributed by atoms with Gasteiger partial charge < -0.3 is 16.2 Å².